The minimum Gasteiger partial charge on any atom is -0.383 e. The van der Waals surface area contributed by atoms with Gasteiger partial charge in [-0.1, -0.05) is 6.92 Å². The highest BCUT2D eigenvalue weighted by atomic mass is 32.1. The fourth-order valence-corrected chi connectivity index (χ4v) is 1.93. The summed E-state index contributed by atoms with van der Waals surface area (Å²) in [6.45, 7) is 5.61. The van der Waals surface area contributed by atoms with E-state index in [1.165, 1.54) is 0 Å². The summed E-state index contributed by atoms with van der Waals surface area (Å²) in [5.41, 5.74) is 1.16. The third-order valence-corrected chi connectivity index (χ3v) is 2.82. The van der Waals surface area contributed by atoms with Crippen LogP contribution in [0.15, 0.2) is 5.38 Å². The number of aryl methyl sites for hydroxylation is 1. The lowest BCUT2D eigenvalue weighted by Crippen LogP contribution is -2.25. The van der Waals surface area contributed by atoms with Gasteiger partial charge in [0.25, 0.3) is 0 Å². The second kappa shape index (κ2) is 7.62. The number of aromatic nitrogens is 1. The average molecular weight is 229 g/mol. The Bertz CT molecular complexity index is 265. The molecule has 15 heavy (non-hydrogen) atoms. The third kappa shape index (κ3) is 5.11. The van der Waals surface area contributed by atoms with Crippen LogP contribution in [0.25, 0.3) is 0 Å². The van der Waals surface area contributed by atoms with Crippen molar-refractivity contribution in [2.75, 3.05) is 38.7 Å². The van der Waals surface area contributed by atoms with Crippen molar-refractivity contribution >= 4 is 16.5 Å². The van der Waals surface area contributed by atoms with E-state index in [0.717, 1.165) is 43.5 Å². The highest BCUT2D eigenvalue weighted by molar-refractivity contribution is 7.13. The number of nitrogens with one attached hydrogen (secondary N) is 2. The summed E-state index contributed by atoms with van der Waals surface area (Å²) in [6, 6.07) is 0. The summed E-state index contributed by atoms with van der Waals surface area (Å²) in [7, 11) is 1.71. The van der Waals surface area contributed by atoms with Gasteiger partial charge in [0, 0.05) is 32.1 Å². The molecule has 0 aliphatic heterocycles. The molecule has 1 aromatic rings. The van der Waals surface area contributed by atoms with Crippen molar-refractivity contribution in [3.05, 3.63) is 11.1 Å². The lowest BCUT2D eigenvalue weighted by Gasteiger charge is -2.04. The first kappa shape index (κ1) is 12.4. The number of thiazole rings is 1. The fraction of sp³-hybridized carbons (Fsp3) is 0.700. The van der Waals surface area contributed by atoms with Gasteiger partial charge in [0.2, 0.25) is 0 Å². The van der Waals surface area contributed by atoms with E-state index in [1.54, 1.807) is 18.4 Å². The Morgan fingerprint density at radius 1 is 1.40 bits per heavy atom. The van der Waals surface area contributed by atoms with Crippen molar-refractivity contribution in [3.8, 4) is 0 Å². The van der Waals surface area contributed by atoms with E-state index in [9.17, 15) is 0 Å². The predicted molar refractivity (Wildman–Crippen MR) is 64.7 cm³/mol. The molecule has 0 amide bonds. The van der Waals surface area contributed by atoms with Crippen LogP contribution < -0.4 is 10.6 Å². The Labute approximate surface area is 95.1 Å². The molecule has 0 bridgehead atoms. The lowest BCUT2D eigenvalue weighted by molar-refractivity contribution is 0.200. The van der Waals surface area contributed by atoms with E-state index < -0.39 is 0 Å². The second-order valence-electron chi connectivity index (χ2n) is 3.17. The molecule has 0 aliphatic rings. The van der Waals surface area contributed by atoms with Crippen molar-refractivity contribution in [2.24, 2.45) is 0 Å². The quantitative estimate of drug-likeness (QED) is 0.661. The van der Waals surface area contributed by atoms with E-state index in [1.807, 2.05) is 0 Å². The van der Waals surface area contributed by atoms with E-state index >= 15 is 0 Å². The summed E-state index contributed by atoms with van der Waals surface area (Å²) in [5, 5.41) is 9.66. The van der Waals surface area contributed by atoms with Crippen LogP contribution in [0.2, 0.25) is 0 Å². The summed E-state index contributed by atoms with van der Waals surface area (Å²) in [4.78, 5) is 4.42. The first-order valence-electron chi connectivity index (χ1n) is 5.24. The molecule has 0 saturated heterocycles. The van der Waals surface area contributed by atoms with Gasteiger partial charge in [-0.2, -0.15) is 0 Å². The Morgan fingerprint density at radius 3 is 2.93 bits per heavy atom. The topological polar surface area (TPSA) is 46.2 Å². The highest BCUT2D eigenvalue weighted by Gasteiger charge is 1.98. The van der Waals surface area contributed by atoms with E-state index in [-0.39, 0.29) is 0 Å². The van der Waals surface area contributed by atoms with Crippen LogP contribution in [0.1, 0.15) is 12.6 Å². The van der Waals surface area contributed by atoms with Crippen molar-refractivity contribution in [1.29, 1.82) is 0 Å². The zero-order valence-corrected chi connectivity index (χ0v) is 10.2. The SMILES string of the molecule is CCc1csc(NCCNCCOC)n1. The molecule has 4 nitrogen and oxygen atoms in total. The first-order chi connectivity index (χ1) is 7.36. The van der Waals surface area contributed by atoms with Crippen LogP contribution >= 0.6 is 11.3 Å². The van der Waals surface area contributed by atoms with Gasteiger partial charge < -0.3 is 15.4 Å². The third-order valence-electron chi connectivity index (χ3n) is 1.97. The molecule has 0 aliphatic carbocycles. The zero-order chi connectivity index (χ0) is 10.9. The van der Waals surface area contributed by atoms with Crippen molar-refractivity contribution < 1.29 is 4.74 Å². The molecule has 0 radical (unpaired) electrons. The molecule has 5 heteroatoms. The van der Waals surface area contributed by atoms with Gasteiger partial charge in [0.05, 0.1) is 12.3 Å². The Hall–Kier alpha value is -0.650. The molecule has 1 rings (SSSR count). The first-order valence-corrected chi connectivity index (χ1v) is 6.12. The van der Waals surface area contributed by atoms with Gasteiger partial charge in [-0.05, 0) is 6.42 Å². The lowest BCUT2D eigenvalue weighted by atomic mass is 10.4. The maximum Gasteiger partial charge on any atom is 0.182 e. The zero-order valence-electron chi connectivity index (χ0n) is 9.38. The van der Waals surface area contributed by atoms with Crippen LogP contribution in [0, 0.1) is 0 Å². The van der Waals surface area contributed by atoms with E-state index in [2.05, 4.69) is 27.9 Å². The molecule has 0 aromatic carbocycles. The Balaban J connectivity index is 2.04. The number of methoxy groups -OCH3 is 1. The smallest absolute Gasteiger partial charge is 0.182 e. The van der Waals surface area contributed by atoms with Crippen LogP contribution in [0.5, 0.6) is 0 Å². The number of hydrogen-bond donors (Lipinski definition) is 2. The molecule has 2 N–H and O–H groups in total. The van der Waals surface area contributed by atoms with Crippen LogP contribution in [-0.2, 0) is 11.2 Å². The minimum absolute atomic E-state index is 0.761. The van der Waals surface area contributed by atoms with Gasteiger partial charge >= 0.3 is 0 Å². The summed E-state index contributed by atoms with van der Waals surface area (Å²) in [6.07, 6.45) is 1.00. The average Bonchev–Trinajstić information content (AvgIpc) is 2.71. The number of rotatable bonds is 8. The normalized spacial score (nSPS) is 10.5. The molecular weight excluding hydrogens is 210 g/mol. The number of ether oxygens (including phenoxy) is 1. The summed E-state index contributed by atoms with van der Waals surface area (Å²) < 4.78 is 4.93. The van der Waals surface area contributed by atoms with Gasteiger partial charge in [-0.25, -0.2) is 4.98 Å². The molecule has 0 unspecified atom stereocenters. The number of anilines is 1. The van der Waals surface area contributed by atoms with E-state index in [0.29, 0.717) is 0 Å². The Morgan fingerprint density at radius 2 is 2.27 bits per heavy atom. The van der Waals surface area contributed by atoms with Gasteiger partial charge in [-0.15, -0.1) is 11.3 Å². The molecular formula is C10H19N3OS. The van der Waals surface area contributed by atoms with Gasteiger partial charge in [0.15, 0.2) is 5.13 Å². The molecule has 0 fully saturated rings. The molecule has 86 valence electrons. The molecule has 1 heterocycles. The predicted octanol–water partition coefficient (Wildman–Crippen LogP) is 1.35. The molecule has 0 spiro atoms. The van der Waals surface area contributed by atoms with Crippen LogP contribution in [0.4, 0.5) is 5.13 Å². The number of nitrogens with zero attached hydrogens (tertiary/aromatic N) is 1. The van der Waals surface area contributed by atoms with Crippen molar-refractivity contribution in [2.45, 2.75) is 13.3 Å². The standard InChI is InChI=1S/C10H19N3OS/c1-3-9-8-15-10(13-9)12-5-4-11-6-7-14-2/h8,11H,3-7H2,1-2H3,(H,12,13). The second-order valence-corrected chi connectivity index (χ2v) is 4.03. The summed E-state index contributed by atoms with van der Waals surface area (Å²) in [5.74, 6) is 0. The Kier molecular flexibility index (Phi) is 6.31. The van der Waals surface area contributed by atoms with Crippen LogP contribution in [-0.4, -0.2) is 38.3 Å². The monoisotopic (exact) mass is 229 g/mol. The van der Waals surface area contributed by atoms with Gasteiger partial charge in [-0.3, -0.25) is 0 Å². The minimum atomic E-state index is 0.761. The van der Waals surface area contributed by atoms with Crippen LogP contribution in [0.3, 0.4) is 0 Å². The number of hydrogen-bond acceptors (Lipinski definition) is 5. The highest BCUT2D eigenvalue weighted by Crippen LogP contribution is 2.14. The van der Waals surface area contributed by atoms with Crippen molar-refractivity contribution in [3.63, 3.8) is 0 Å². The molecule has 0 atom stereocenters. The van der Waals surface area contributed by atoms with Crippen molar-refractivity contribution in [1.82, 2.24) is 10.3 Å². The molecule has 1 aromatic heterocycles. The summed E-state index contributed by atoms with van der Waals surface area (Å²) >= 11 is 1.67. The van der Waals surface area contributed by atoms with Gasteiger partial charge in [0.1, 0.15) is 0 Å². The fourth-order valence-electron chi connectivity index (χ4n) is 1.11. The molecule has 0 saturated carbocycles. The van der Waals surface area contributed by atoms with E-state index in [4.69, 9.17) is 4.74 Å². The maximum absolute atomic E-state index is 4.93. The maximum atomic E-state index is 4.93. The largest absolute Gasteiger partial charge is 0.383 e.